The first-order chi connectivity index (χ1) is 11.4. The summed E-state index contributed by atoms with van der Waals surface area (Å²) in [5.41, 5.74) is 0.823. The average Bonchev–Trinajstić information content (AvgIpc) is 2.73. The smallest absolute Gasteiger partial charge is 0.335 e. The number of benzene rings is 1. The molecule has 0 aliphatic carbocycles. The van der Waals surface area contributed by atoms with Gasteiger partial charge in [0.05, 0.1) is 13.8 Å². The maximum absolute atomic E-state index is 12.2. The van der Waals surface area contributed by atoms with Crippen LogP contribution in [0.2, 0.25) is 5.02 Å². The third kappa shape index (κ3) is 3.68. The Morgan fingerprint density at radius 1 is 1.17 bits per heavy atom. The van der Waals surface area contributed by atoms with Crippen LogP contribution in [0, 0.1) is 0 Å². The van der Waals surface area contributed by atoms with Gasteiger partial charge in [-0.1, -0.05) is 18.5 Å². The largest absolute Gasteiger partial charge is 0.496 e. The number of methoxy groups -OCH3 is 1. The molecule has 130 valence electrons. The van der Waals surface area contributed by atoms with E-state index < -0.39 is 17.8 Å². The molecule has 1 fully saturated rings. The number of hydrogen-bond acceptors (Lipinski definition) is 5. The number of hydrogen-bond donors (Lipinski definition) is 0. The normalized spacial score (nSPS) is 15.0. The van der Waals surface area contributed by atoms with Gasteiger partial charge in [0, 0.05) is 23.7 Å². The fourth-order valence-corrected chi connectivity index (χ4v) is 2.74. The van der Waals surface area contributed by atoms with Crippen LogP contribution in [0.4, 0.5) is 4.79 Å². The number of carbonyl (C=O) groups excluding carboxylic acids is 3. The van der Waals surface area contributed by atoms with Crippen molar-refractivity contribution in [1.29, 1.82) is 0 Å². The van der Waals surface area contributed by atoms with Gasteiger partial charge in [-0.15, -0.1) is 0 Å². The second-order valence-corrected chi connectivity index (χ2v) is 6.02. The van der Waals surface area contributed by atoms with E-state index in [2.05, 4.69) is 0 Å². The summed E-state index contributed by atoms with van der Waals surface area (Å²) >= 11 is 6.00. The highest BCUT2D eigenvalue weighted by molar-refractivity contribution is 6.44. The molecular formula is C16H20ClN3O4. The van der Waals surface area contributed by atoms with Crippen LogP contribution in [0.1, 0.15) is 18.9 Å². The van der Waals surface area contributed by atoms with E-state index in [1.165, 1.54) is 0 Å². The molecule has 4 amide bonds. The predicted octanol–water partition coefficient (Wildman–Crippen LogP) is 1.94. The minimum absolute atomic E-state index is 0.0132. The van der Waals surface area contributed by atoms with Crippen LogP contribution in [0.25, 0.3) is 0 Å². The Bertz CT molecular complexity index is 665. The van der Waals surface area contributed by atoms with Gasteiger partial charge in [-0.25, -0.2) is 9.69 Å². The molecule has 1 aliphatic rings. The minimum Gasteiger partial charge on any atom is -0.496 e. The lowest BCUT2D eigenvalue weighted by atomic mass is 10.2. The predicted molar refractivity (Wildman–Crippen MR) is 88.6 cm³/mol. The van der Waals surface area contributed by atoms with E-state index in [0.29, 0.717) is 23.7 Å². The van der Waals surface area contributed by atoms with Crippen LogP contribution in [-0.2, 0) is 16.1 Å². The van der Waals surface area contributed by atoms with Gasteiger partial charge in [-0.2, -0.15) is 0 Å². The van der Waals surface area contributed by atoms with Crippen molar-refractivity contribution >= 4 is 29.4 Å². The van der Waals surface area contributed by atoms with Crippen molar-refractivity contribution in [2.75, 3.05) is 27.4 Å². The summed E-state index contributed by atoms with van der Waals surface area (Å²) in [7, 11) is 3.30. The standard InChI is InChI=1S/C16H20ClN3O4/c1-4-7-19-14(21)15(22)20(16(19)23)10-18(2)9-11-8-12(17)5-6-13(11)24-3/h5-6,8H,4,7,9-10H2,1-3H3. The van der Waals surface area contributed by atoms with Crippen LogP contribution in [-0.4, -0.2) is 59.9 Å². The van der Waals surface area contributed by atoms with Crippen molar-refractivity contribution < 1.29 is 19.1 Å². The zero-order valence-corrected chi connectivity index (χ0v) is 14.7. The van der Waals surface area contributed by atoms with Gasteiger partial charge in [-0.3, -0.25) is 19.4 Å². The molecule has 0 N–H and O–H groups in total. The van der Waals surface area contributed by atoms with Crippen LogP contribution in [0.15, 0.2) is 18.2 Å². The lowest BCUT2D eigenvalue weighted by molar-refractivity contribution is -0.143. The molecular weight excluding hydrogens is 334 g/mol. The number of nitrogens with zero attached hydrogens (tertiary/aromatic N) is 3. The van der Waals surface area contributed by atoms with E-state index in [-0.39, 0.29) is 13.2 Å². The van der Waals surface area contributed by atoms with E-state index in [9.17, 15) is 14.4 Å². The van der Waals surface area contributed by atoms with E-state index in [1.54, 1.807) is 37.3 Å². The Morgan fingerprint density at radius 2 is 1.83 bits per heavy atom. The highest BCUT2D eigenvalue weighted by Gasteiger charge is 2.44. The minimum atomic E-state index is -0.793. The number of ether oxygens (including phenoxy) is 1. The second kappa shape index (κ2) is 7.63. The quantitative estimate of drug-likeness (QED) is 0.553. The Hall–Kier alpha value is -2.12. The molecule has 0 radical (unpaired) electrons. The summed E-state index contributed by atoms with van der Waals surface area (Å²) in [5.74, 6) is -0.900. The zero-order chi connectivity index (χ0) is 17.9. The summed E-state index contributed by atoms with van der Waals surface area (Å²) in [6.07, 6.45) is 0.605. The number of rotatable bonds is 7. The van der Waals surface area contributed by atoms with E-state index in [4.69, 9.17) is 16.3 Å². The van der Waals surface area contributed by atoms with E-state index in [0.717, 1.165) is 15.4 Å². The Kier molecular flexibility index (Phi) is 5.80. The van der Waals surface area contributed by atoms with Crippen LogP contribution in [0.5, 0.6) is 5.75 Å². The van der Waals surface area contributed by atoms with Crippen LogP contribution < -0.4 is 4.74 Å². The first-order valence-corrected chi connectivity index (χ1v) is 7.95. The number of urea groups is 1. The molecule has 24 heavy (non-hydrogen) atoms. The second-order valence-electron chi connectivity index (χ2n) is 5.58. The summed E-state index contributed by atoms with van der Waals surface area (Å²) in [6, 6.07) is 4.67. The third-order valence-corrected chi connectivity index (χ3v) is 3.88. The van der Waals surface area contributed by atoms with Crippen molar-refractivity contribution in [3.63, 3.8) is 0 Å². The van der Waals surface area contributed by atoms with Gasteiger partial charge in [0.2, 0.25) is 0 Å². The summed E-state index contributed by atoms with van der Waals surface area (Å²) < 4.78 is 5.28. The van der Waals surface area contributed by atoms with Gasteiger partial charge in [0.25, 0.3) is 0 Å². The molecule has 1 aliphatic heterocycles. The summed E-state index contributed by atoms with van der Waals surface area (Å²) in [5, 5.41) is 0.567. The van der Waals surface area contributed by atoms with Crippen molar-refractivity contribution in [1.82, 2.24) is 14.7 Å². The number of amides is 4. The van der Waals surface area contributed by atoms with Gasteiger partial charge in [0.1, 0.15) is 5.75 Å². The molecule has 8 heteroatoms. The Morgan fingerprint density at radius 3 is 2.46 bits per heavy atom. The number of halogens is 1. The maximum atomic E-state index is 12.2. The van der Waals surface area contributed by atoms with Crippen molar-refractivity contribution in [3.8, 4) is 5.75 Å². The van der Waals surface area contributed by atoms with Crippen molar-refractivity contribution in [3.05, 3.63) is 28.8 Å². The molecule has 0 saturated carbocycles. The molecule has 2 rings (SSSR count). The average molecular weight is 354 g/mol. The number of imide groups is 2. The lowest BCUT2D eigenvalue weighted by Crippen LogP contribution is -2.40. The Balaban J connectivity index is 2.08. The SMILES string of the molecule is CCCN1C(=O)C(=O)N(CN(C)Cc2cc(Cl)ccc2OC)C1=O. The summed E-state index contributed by atoms with van der Waals surface area (Å²) in [6.45, 7) is 2.50. The Labute approximate surface area is 145 Å². The summed E-state index contributed by atoms with van der Waals surface area (Å²) in [4.78, 5) is 39.8. The van der Waals surface area contributed by atoms with Crippen LogP contribution in [0.3, 0.4) is 0 Å². The topological polar surface area (TPSA) is 70.2 Å². The maximum Gasteiger partial charge on any atom is 0.335 e. The van der Waals surface area contributed by atoms with Gasteiger partial charge in [0.15, 0.2) is 0 Å². The first kappa shape index (κ1) is 18.2. The van der Waals surface area contributed by atoms with Crippen molar-refractivity contribution in [2.45, 2.75) is 19.9 Å². The van der Waals surface area contributed by atoms with E-state index in [1.807, 2.05) is 6.92 Å². The molecule has 1 aromatic carbocycles. The molecule has 1 saturated heterocycles. The highest BCUT2D eigenvalue weighted by atomic mass is 35.5. The molecule has 0 spiro atoms. The highest BCUT2D eigenvalue weighted by Crippen LogP contribution is 2.24. The van der Waals surface area contributed by atoms with Gasteiger partial charge >= 0.3 is 17.8 Å². The molecule has 0 unspecified atom stereocenters. The fraction of sp³-hybridized carbons (Fsp3) is 0.438. The van der Waals surface area contributed by atoms with Crippen LogP contribution >= 0.6 is 11.6 Å². The zero-order valence-electron chi connectivity index (χ0n) is 13.9. The first-order valence-electron chi connectivity index (χ1n) is 7.57. The number of carbonyl (C=O) groups is 3. The monoisotopic (exact) mass is 353 g/mol. The third-order valence-electron chi connectivity index (χ3n) is 3.65. The molecule has 0 atom stereocenters. The molecule has 1 heterocycles. The van der Waals surface area contributed by atoms with Crippen molar-refractivity contribution in [2.24, 2.45) is 0 Å². The molecule has 0 bridgehead atoms. The lowest BCUT2D eigenvalue weighted by Gasteiger charge is -2.23. The van der Waals surface area contributed by atoms with Gasteiger partial charge < -0.3 is 4.74 Å². The fourth-order valence-electron chi connectivity index (χ4n) is 2.55. The molecule has 7 nitrogen and oxygen atoms in total. The van der Waals surface area contributed by atoms with Gasteiger partial charge in [-0.05, 0) is 31.7 Å². The molecule has 0 aromatic heterocycles. The molecule has 1 aromatic rings. The van der Waals surface area contributed by atoms with E-state index >= 15 is 0 Å².